The lowest BCUT2D eigenvalue weighted by atomic mass is 9.97. The van der Waals surface area contributed by atoms with Gasteiger partial charge in [-0.3, -0.25) is 4.79 Å². The van der Waals surface area contributed by atoms with Crippen LogP contribution in [-0.4, -0.2) is 41.1 Å². The Hall–Kier alpha value is -2.42. The highest BCUT2D eigenvalue weighted by Crippen LogP contribution is 2.32. The van der Waals surface area contributed by atoms with Gasteiger partial charge in [0.05, 0.1) is 18.7 Å². The van der Waals surface area contributed by atoms with Crippen molar-refractivity contribution in [3.63, 3.8) is 0 Å². The minimum absolute atomic E-state index is 0.0526. The molecule has 9 heteroatoms. The van der Waals surface area contributed by atoms with Gasteiger partial charge in [-0.25, -0.2) is 15.0 Å². The Kier molecular flexibility index (Phi) is 5.03. The van der Waals surface area contributed by atoms with E-state index in [2.05, 4.69) is 25.2 Å². The van der Waals surface area contributed by atoms with Gasteiger partial charge in [-0.2, -0.15) is 0 Å². The molecule has 25 heavy (non-hydrogen) atoms. The lowest BCUT2D eigenvalue weighted by Gasteiger charge is -2.32. The topological polar surface area (TPSA) is 106 Å². The van der Waals surface area contributed by atoms with Crippen LogP contribution in [0, 0.1) is 19.8 Å². The molecule has 0 amide bonds. The van der Waals surface area contributed by atoms with Crippen LogP contribution in [0.1, 0.15) is 23.4 Å². The second-order valence-corrected chi connectivity index (χ2v) is 7.23. The zero-order chi connectivity index (χ0) is 18.0. The Morgan fingerprint density at radius 1 is 1.36 bits per heavy atom. The summed E-state index contributed by atoms with van der Waals surface area (Å²) in [7, 11) is 1.43. The number of piperidine rings is 1. The second kappa shape index (κ2) is 7.22. The maximum atomic E-state index is 11.7. The average molecular weight is 362 g/mol. The molecule has 0 atom stereocenters. The van der Waals surface area contributed by atoms with Crippen LogP contribution in [0.15, 0.2) is 6.33 Å². The lowest BCUT2D eigenvalue weighted by molar-refractivity contribution is -0.146. The second-order valence-electron chi connectivity index (χ2n) is 6.03. The maximum absolute atomic E-state index is 11.7. The van der Waals surface area contributed by atoms with Crippen molar-refractivity contribution in [3.8, 4) is 0 Å². The van der Waals surface area contributed by atoms with Gasteiger partial charge < -0.3 is 20.7 Å². The highest BCUT2D eigenvalue weighted by molar-refractivity contribution is 7.15. The van der Waals surface area contributed by atoms with E-state index in [0.29, 0.717) is 30.4 Å². The van der Waals surface area contributed by atoms with E-state index in [4.69, 9.17) is 10.5 Å². The number of anilines is 4. The summed E-state index contributed by atoms with van der Waals surface area (Å²) in [5, 5.41) is 3.94. The number of nitrogens with two attached hydrogens (primary N) is 1. The number of aromatic nitrogens is 3. The van der Waals surface area contributed by atoms with Crippen LogP contribution in [0.2, 0.25) is 0 Å². The number of methoxy groups -OCH3 is 1. The third-order valence-electron chi connectivity index (χ3n) is 4.45. The summed E-state index contributed by atoms with van der Waals surface area (Å²) in [6.07, 6.45) is 2.95. The van der Waals surface area contributed by atoms with Gasteiger partial charge in [0.15, 0.2) is 16.8 Å². The summed E-state index contributed by atoms with van der Waals surface area (Å²) < 4.78 is 4.83. The molecule has 0 saturated carbocycles. The molecule has 2 aromatic heterocycles. The lowest BCUT2D eigenvalue weighted by Crippen LogP contribution is -2.37. The van der Waals surface area contributed by atoms with Gasteiger partial charge in [0.1, 0.15) is 12.0 Å². The summed E-state index contributed by atoms with van der Waals surface area (Å²) in [4.78, 5) is 27.9. The molecule has 0 radical (unpaired) electrons. The zero-order valence-corrected chi connectivity index (χ0v) is 15.4. The van der Waals surface area contributed by atoms with Gasteiger partial charge in [-0.05, 0) is 26.7 Å². The molecule has 1 saturated heterocycles. The van der Waals surface area contributed by atoms with Gasteiger partial charge in [0, 0.05) is 18.0 Å². The SMILES string of the molecule is COC(=O)C1CCN(c2ncnc(Nc3nc(C)c(C)s3)c2N)CC1. The van der Waals surface area contributed by atoms with E-state index in [1.54, 1.807) is 11.3 Å². The largest absolute Gasteiger partial charge is 0.469 e. The predicted octanol–water partition coefficient (Wildman–Crippen LogP) is 2.27. The molecule has 1 aliphatic heterocycles. The van der Waals surface area contributed by atoms with E-state index in [9.17, 15) is 4.79 Å². The first-order valence-electron chi connectivity index (χ1n) is 8.14. The van der Waals surface area contributed by atoms with Crippen LogP contribution in [0.5, 0.6) is 0 Å². The van der Waals surface area contributed by atoms with Gasteiger partial charge in [-0.1, -0.05) is 0 Å². The molecule has 0 unspecified atom stereocenters. The number of carbonyl (C=O) groups is 1. The number of ether oxygens (including phenoxy) is 1. The molecule has 8 nitrogen and oxygen atoms in total. The van der Waals surface area contributed by atoms with Gasteiger partial charge in [0.25, 0.3) is 0 Å². The monoisotopic (exact) mass is 362 g/mol. The zero-order valence-electron chi connectivity index (χ0n) is 14.6. The summed E-state index contributed by atoms with van der Waals surface area (Å²) >= 11 is 1.56. The highest BCUT2D eigenvalue weighted by atomic mass is 32.1. The van der Waals surface area contributed by atoms with Crippen LogP contribution >= 0.6 is 11.3 Å². The molecule has 0 bridgehead atoms. The molecule has 0 spiro atoms. The van der Waals surface area contributed by atoms with Crippen molar-refractivity contribution in [1.29, 1.82) is 0 Å². The fraction of sp³-hybridized carbons (Fsp3) is 0.500. The minimum atomic E-state index is -0.146. The number of nitrogens with zero attached hydrogens (tertiary/aromatic N) is 4. The van der Waals surface area contributed by atoms with E-state index in [0.717, 1.165) is 28.5 Å². The number of nitrogen functional groups attached to an aromatic ring is 1. The molecule has 0 aromatic carbocycles. The van der Waals surface area contributed by atoms with Crippen molar-refractivity contribution in [2.24, 2.45) is 5.92 Å². The molecule has 3 rings (SSSR count). The summed E-state index contributed by atoms with van der Waals surface area (Å²) in [5.41, 5.74) is 7.76. The Morgan fingerprint density at radius 2 is 2.08 bits per heavy atom. The number of thiazole rings is 1. The molecule has 3 N–H and O–H groups in total. The van der Waals surface area contributed by atoms with Crippen LogP contribution in [0.25, 0.3) is 0 Å². The Morgan fingerprint density at radius 3 is 2.68 bits per heavy atom. The summed E-state index contributed by atoms with van der Waals surface area (Å²) in [5.74, 6) is 1.04. The Balaban J connectivity index is 1.74. The minimum Gasteiger partial charge on any atom is -0.469 e. The molecular formula is C16H22N6O2S. The van der Waals surface area contributed by atoms with Crippen LogP contribution in [-0.2, 0) is 9.53 Å². The van der Waals surface area contributed by atoms with Crippen LogP contribution in [0.3, 0.4) is 0 Å². The van der Waals surface area contributed by atoms with E-state index in [1.807, 2.05) is 13.8 Å². The average Bonchev–Trinajstić information content (AvgIpc) is 2.94. The fourth-order valence-electron chi connectivity index (χ4n) is 2.86. The first kappa shape index (κ1) is 17.4. The number of aryl methyl sites for hydroxylation is 2. The molecule has 134 valence electrons. The summed E-state index contributed by atoms with van der Waals surface area (Å²) in [6, 6.07) is 0. The van der Waals surface area contributed by atoms with Crippen molar-refractivity contribution >= 4 is 39.8 Å². The van der Waals surface area contributed by atoms with E-state index >= 15 is 0 Å². The smallest absolute Gasteiger partial charge is 0.308 e. The van der Waals surface area contributed by atoms with Gasteiger partial charge in [0.2, 0.25) is 0 Å². The number of hydrogen-bond acceptors (Lipinski definition) is 9. The number of hydrogen-bond donors (Lipinski definition) is 2. The van der Waals surface area contributed by atoms with Crippen molar-refractivity contribution in [3.05, 3.63) is 16.9 Å². The predicted molar refractivity (Wildman–Crippen MR) is 98.3 cm³/mol. The fourth-order valence-corrected chi connectivity index (χ4v) is 3.67. The Labute approximate surface area is 150 Å². The molecule has 1 fully saturated rings. The number of rotatable bonds is 4. The molecule has 1 aliphatic rings. The summed E-state index contributed by atoms with van der Waals surface area (Å²) in [6.45, 7) is 5.40. The number of nitrogens with one attached hydrogen (secondary N) is 1. The molecule has 3 heterocycles. The van der Waals surface area contributed by atoms with Crippen molar-refractivity contribution in [1.82, 2.24) is 15.0 Å². The number of esters is 1. The highest BCUT2D eigenvalue weighted by Gasteiger charge is 2.27. The first-order chi connectivity index (χ1) is 12.0. The van der Waals surface area contributed by atoms with Crippen molar-refractivity contribution in [2.45, 2.75) is 26.7 Å². The first-order valence-corrected chi connectivity index (χ1v) is 8.95. The van der Waals surface area contributed by atoms with Crippen molar-refractivity contribution in [2.75, 3.05) is 36.1 Å². The standard InChI is InChI=1S/C16H22N6O2S/c1-9-10(2)25-16(20-9)21-13-12(17)14(19-8-18-13)22-6-4-11(5-7-22)15(23)24-3/h8,11H,4-7,17H2,1-3H3,(H,18,19,20,21). The van der Waals surface area contributed by atoms with E-state index in [1.165, 1.54) is 13.4 Å². The van der Waals surface area contributed by atoms with Crippen molar-refractivity contribution < 1.29 is 9.53 Å². The van der Waals surface area contributed by atoms with Crippen LogP contribution in [0.4, 0.5) is 22.5 Å². The normalized spacial score (nSPS) is 15.2. The van der Waals surface area contributed by atoms with Gasteiger partial charge >= 0.3 is 5.97 Å². The number of carbonyl (C=O) groups excluding carboxylic acids is 1. The molecule has 2 aromatic rings. The third kappa shape index (κ3) is 3.65. The van der Waals surface area contributed by atoms with Gasteiger partial charge in [-0.15, -0.1) is 11.3 Å². The molecular weight excluding hydrogens is 340 g/mol. The van der Waals surface area contributed by atoms with Crippen LogP contribution < -0.4 is 16.0 Å². The van der Waals surface area contributed by atoms with E-state index < -0.39 is 0 Å². The molecule has 0 aliphatic carbocycles. The quantitative estimate of drug-likeness (QED) is 0.798. The van der Waals surface area contributed by atoms with E-state index in [-0.39, 0.29) is 11.9 Å². The Bertz CT molecular complexity index is 750. The maximum Gasteiger partial charge on any atom is 0.308 e. The third-order valence-corrected chi connectivity index (χ3v) is 5.43.